The zero-order valence-corrected chi connectivity index (χ0v) is 10.9. The van der Waals surface area contributed by atoms with Crippen molar-refractivity contribution in [3.63, 3.8) is 0 Å². The number of carbonyl (C=O) groups is 1. The van der Waals surface area contributed by atoms with E-state index in [1.165, 1.54) is 24.3 Å². The van der Waals surface area contributed by atoms with Gasteiger partial charge in [-0.3, -0.25) is 4.79 Å². The Balaban J connectivity index is 2.11. The number of amides is 1. The molecule has 2 aromatic rings. The third-order valence-electron chi connectivity index (χ3n) is 2.63. The van der Waals surface area contributed by atoms with Gasteiger partial charge >= 0.3 is 0 Å². The van der Waals surface area contributed by atoms with Crippen molar-refractivity contribution < 1.29 is 18.7 Å². The number of nitrogens with one attached hydrogen (secondary N) is 1. The van der Waals surface area contributed by atoms with E-state index in [-0.39, 0.29) is 22.7 Å². The molecule has 2 N–H and O–H groups in total. The van der Waals surface area contributed by atoms with Gasteiger partial charge in [0.1, 0.15) is 5.82 Å². The Bertz CT molecular complexity index is 641. The van der Waals surface area contributed by atoms with Crippen molar-refractivity contribution in [2.45, 2.75) is 6.42 Å². The lowest BCUT2D eigenvalue weighted by Crippen LogP contribution is -2.15. The van der Waals surface area contributed by atoms with E-state index >= 15 is 0 Å². The molecule has 0 aromatic heterocycles. The molecule has 20 heavy (non-hydrogen) atoms. The molecule has 0 radical (unpaired) electrons. The van der Waals surface area contributed by atoms with Crippen LogP contribution in [0.25, 0.3) is 0 Å². The second-order valence-corrected chi connectivity index (χ2v) is 4.50. The van der Waals surface area contributed by atoms with Crippen LogP contribution in [0.2, 0.25) is 5.02 Å². The standard InChI is InChI=1S/C14H10ClF2NO2/c15-10-2-1-3-11(16)9(10)7-14(20)18-8-4-5-13(19)12(17)6-8/h1-6,19H,7H2,(H,18,20). The van der Waals surface area contributed by atoms with E-state index in [0.717, 1.165) is 12.1 Å². The van der Waals surface area contributed by atoms with E-state index in [4.69, 9.17) is 16.7 Å². The van der Waals surface area contributed by atoms with Gasteiger partial charge in [-0.2, -0.15) is 0 Å². The second kappa shape index (κ2) is 5.88. The highest BCUT2D eigenvalue weighted by atomic mass is 35.5. The van der Waals surface area contributed by atoms with E-state index in [9.17, 15) is 13.6 Å². The number of phenols is 1. The zero-order valence-electron chi connectivity index (χ0n) is 10.2. The molecule has 0 fully saturated rings. The van der Waals surface area contributed by atoms with Crippen LogP contribution in [0, 0.1) is 11.6 Å². The number of anilines is 1. The minimum Gasteiger partial charge on any atom is -0.505 e. The summed E-state index contributed by atoms with van der Waals surface area (Å²) in [5.41, 5.74) is 0.240. The highest BCUT2D eigenvalue weighted by Gasteiger charge is 2.12. The van der Waals surface area contributed by atoms with Crippen molar-refractivity contribution in [1.29, 1.82) is 0 Å². The van der Waals surface area contributed by atoms with Crippen molar-refractivity contribution in [3.8, 4) is 5.75 Å². The van der Waals surface area contributed by atoms with Gasteiger partial charge in [0.25, 0.3) is 0 Å². The summed E-state index contributed by atoms with van der Waals surface area (Å²) in [5.74, 6) is -2.49. The van der Waals surface area contributed by atoms with Gasteiger partial charge in [-0.25, -0.2) is 8.78 Å². The molecule has 0 aliphatic carbocycles. The van der Waals surface area contributed by atoms with Crippen LogP contribution in [0.4, 0.5) is 14.5 Å². The summed E-state index contributed by atoms with van der Waals surface area (Å²) in [6.07, 6.45) is -0.270. The lowest BCUT2D eigenvalue weighted by Gasteiger charge is -2.08. The van der Waals surface area contributed by atoms with Crippen LogP contribution in [0.15, 0.2) is 36.4 Å². The maximum atomic E-state index is 13.5. The third kappa shape index (κ3) is 3.24. The maximum Gasteiger partial charge on any atom is 0.228 e. The second-order valence-electron chi connectivity index (χ2n) is 4.09. The van der Waals surface area contributed by atoms with Crippen LogP contribution < -0.4 is 5.32 Å². The van der Waals surface area contributed by atoms with Crippen molar-refractivity contribution in [2.24, 2.45) is 0 Å². The highest BCUT2D eigenvalue weighted by molar-refractivity contribution is 6.31. The van der Waals surface area contributed by atoms with Crippen molar-refractivity contribution in [2.75, 3.05) is 5.32 Å². The fourth-order valence-corrected chi connectivity index (χ4v) is 1.88. The Labute approximate surface area is 118 Å². The fourth-order valence-electron chi connectivity index (χ4n) is 1.65. The first-order valence-electron chi connectivity index (χ1n) is 5.68. The van der Waals surface area contributed by atoms with Crippen molar-refractivity contribution >= 4 is 23.2 Å². The zero-order chi connectivity index (χ0) is 14.7. The van der Waals surface area contributed by atoms with Crippen LogP contribution in [-0.4, -0.2) is 11.0 Å². The number of aromatic hydroxyl groups is 1. The largest absolute Gasteiger partial charge is 0.505 e. The molecule has 0 aliphatic heterocycles. The molecular formula is C14H10ClF2NO2. The summed E-state index contributed by atoms with van der Waals surface area (Å²) < 4.78 is 26.6. The van der Waals surface area contributed by atoms with Crippen LogP contribution >= 0.6 is 11.6 Å². The highest BCUT2D eigenvalue weighted by Crippen LogP contribution is 2.22. The number of phenolic OH excluding ortho intramolecular Hbond substituents is 1. The van der Waals surface area contributed by atoms with Gasteiger partial charge in [-0.15, -0.1) is 0 Å². The van der Waals surface area contributed by atoms with Crippen molar-refractivity contribution in [3.05, 3.63) is 58.6 Å². The first kappa shape index (κ1) is 14.3. The van der Waals surface area contributed by atoms with Crippen LogP contribution in [-0.2, 0) is 11.2 Å². The smallest absolute Gasteiger partial charge is 0.228 e. The Morgan fingerprint density at radius 2 is 1.95 bits per heavy atom. The number of benzene rings is 2. The van der Waals surface area contributed by atoms with Gasteiger partial charge < -0.3 is 10.4 Å². The topological polar surface area (TPSA) is 49.3 Å². The molecule has 3 nitrogen and oxygen atoms in total. The Morgan fingerprint density at radius 3 is 2.60 bits per heavy atom. The molecule has 0 spiro atoms. The van der Waals surface area contributed by atoms with Gasteiger partial charge in [-0.05, 0) is 24.3 Å². The molecule has 0 bridgehead atoms. The van der Waals surface area contributed by atoms with Gasteiger partial charge in [-0.1, -0.05) is 17.7 Å². The summed E-state index contributed by atoms with van der Waals surface area (Å²) in [4.78, 5) is 11.8. The van der Waals surface area contributed by atoms with E-state index in [1.54, 1.807) is 0 Å². The number of rotatable bonds is 3. The fraction of sp³-hybridized carbons (Fsp3) is 0.0714. The monoisotopic (exact) mass is 297 g/mol. The van der Waals surface area contributed by atoms with E-state index < -0.39 is 23.3 Å². The predicted octanol–water partition coefficient (Wildman–Crippen LogP) is 3.51. The summed E-state index contributed by atoms with van der Waals surface area (Å²) >= 11 is 5.81. The van der Waals surface area contributed by atoms with Gasteiger partial charge in [0.2, 0.25) is 5.91 Å². The molecule has 0 saturated carbocycles. The van der Waals surface area contributed by atoms with Crippen LogP contribution in [0.5, 0.6) is 5.75 Å². The quantitative estimate of drug-likeness (QED) is 0.852. The first-order valence-corrected chi connectivity index (χ1v) is 6.06. The number of hydrogen-bond donors (Lipinski definition) is 2. The number of hydrogen-bond acceptors (Lipinski definition) is 2. The summed E-state index contributed by atoms with van der Waals surface area (Å²) in [5, 5.41) is 11.6. The average Bonchev–Trinajstić information content (AvgIpc) is 2.38. The van der Waals surface area contributed by atoms with Crippen molar-refractivity contribution in [1.82, 2.24) is 0 Å². The van der Waals surface area contributed by atoms with Crippen LogP contribution in [0.3, 0.4) is 0 Å². The molecule has 0 heterocycles. The number of halogens is 3. The summed E-state index contributed by atoms with van der Waals surface area (Å²) in [7, 11) is 0. The molecule has 0 saturated heterocycles. The number of carbonyl (C=O) groups excluding carboxylic acids is 1. The van der Waals surface area contributed by atoms with E-state index in [2.05, 4.69) is 5.32 Å². The Hall–Kier alpha value is -2.14. The molecule has 2 aromatic carbocycles. The lowest BCUT2D eigenvalue weighted by atomic mass is 10.1. The maximum absolute atomic E-state index is 13.5. The minimum atomic E-state index is -0.855. The molecular weight excluding hydrogens is 288 g/mol. The van der Waals surface area contributed by atoms with Gasteiger partial charge in [0.15, 0.2) is 11.6 Å². The SMILES string of the molecule is O=C(Cc1c(F)cccc1Cl)Nc1ccc(O)c(F)c1. The third-order valence-corrected chi connectivity index (χ3v) is 2.98. The Kier molecular flexibility index (Phi) is 4.20. The lowest BCUT2D eigenvalue weighted by molar-refractivity contribution is -0.115. The predicted molar refractivity (Wildman–Crippen MR) is 71.8 cm³/mol. The van der Waals surface area contributed by atoms with E-state index in [1.807, 2.05) is 0 Å². The average molecular weight is 298 g/mol. The Morgan fingerprint density at radius 1 is 1.20 bits per heavy atom. The van der Waals surface area contributed by atoms with Crippen LogP contribution in [0.1, 0.15) is 5.56 Å². The first-order chi connectivity index (χ1) is 9.47. The van der Waals surface area contributed by atoms with Gasteiger partial charge in [0, 0.05) is 22.3 Å². The minimum absolute atomic E-state index is 0.0749. The molecule has 0 atom stereocenters. The molecule has 1 amide bonds. The molecule has 2 rings (SSSR count). The molecule has 6 heteroatoms. The van der Waals surface area contributed by atoms with Gasteiger partial charge in [0.05, 0.1) is 6.42 Å². The molecule has 0 unspecified atom stereocenters. The molecule has 0 aliphatic rings. The summed E-state index contributed by atoms with van der Waals surface area (Å²) in [6, 6.07) is 7.53. The normalized spacial score (nSPS) is 10.3. The summed E-state index contributed by atoms with van der Waals surface area (Å²) in [6.45, 7) is 0. The molecule has 104 valence electrons. The van der Waals surface area contributed by atoms with E-state index in [0.29, 0.717) is 0 Å².